The van der Waals surface area contributed by atoms with Crippen molar-refractivity contribution in [2.24, 2.45) is 0 Å². The molecule has 0 saturated carbocycles. The first-order valence-electron chi connectivity index (χ1n) is 7.89. The topological polar surface area (TPSA) is 72.7 Å². The maximum absolute atomic E-state index is 12.6. The first-order valence-corrected chi connectivity index (χ1v) is 7.89. The Morgan fingerprint density at radius 1 is 0.960 bits per heavy atom. The Morgan fingerprint density at radius 3 is 2.56 bits per heavy atom. The second kappa shape index (κ2) is 6.52. The van der Waals surface area contributed by atoms with Crippen molar-refractivity contribution < 1.29 is 4.79 Å². The molecule has 0 spiro atoms. The van der Waals surface area contributed by atoms with Crippen LogP contribution in [0.25, 0.3) is 11.0 Å². The van der Waals surface area contributed by atoms with Gasteiger partial charge in [0.1, 0.15) is 5.52 Å². The number of para-hydroxylation sites is 1. The first-order chi connectivity index (χ1) is 12.3. The maximum atomic E-state index is 12.6. The van der Waals surface area contributed by atoms with Gasteiger partial charge in [0.2, 0.25) is 0 Å². The van der Waals surface area contributed by atoms with Gasteiger partial charge in [-0.15, -0.1) is 5.10 Å². The highest BCUT2D eigenvalue weighted by Gasteiger charge is 2.20. The van der Waals surface area contributed by atoms with Crippen LogP contribution in [-0.2, 0) is 0 Å². The van der Waals surface area contributed by atoms with Crippen molar-refractivity contribution in [2.45, 2.75) is 6.17 Å². The Kier molecular flexibility index (Phi) is 3.92. The monoisotopic (exact) mass is 329 g/mol. The molecular formula is C19H15N5O. The van der Waals surface area contributed by atoms with E-state index in [0.29, 0.717) is 5.56 Å². The molecule has 25 heavy (non-hydrogen) atoms. The summed E-state index contributed by atoms with van der Waals surface area (Å²) in [5.74, 6) is -0.221. The number of aromatic nitrogens is 4. The number of nitrogens with one attached hydrogen (secondary N) is 1. The van der Waals surface area contributed by atoms with E-state index >= 15 is 0 Å². The van der Waals surface area contributed by atoms with E-state index in [9.17, 15) is 4.79 Å². The molecule has 1 amide bonds. The number of hydrogen-bond donors (Lipinski definition) is 1. The van der Waals surface area contributed by atoms with E-state index < -0.39 is 6.17 Å². The molecule has 1 N–H and O–H groups in total. The minimum atomic E-state index is -0.471. The van der Waals surface area contributed by atoms with Crippen LogP contribution in [0, 0.1) is 0 Å². The standard InChI is InChI=1S/C19H15N5O/c25-19(15-9-6-12-20-13-15)21-18(14-7-2-1-3-8-14)24-17-11-5-4-10-16(17)22-23-24/h1-13,18H,(H,21,25). The zero-order valence-corrected chi connectivity index (χ0v) is 13.3. The second-order valence-corrected chi connectivity index (χ2v) is 5.55. The molecule has 0 aliphatic carbocycles. The lowest BCUT2D eigenvalue weighted by atomic mass is 10.1. The predicted octanol–water partition coefficient (Wildman–Crippen LogP) is 2.80. The summed E-state index contributed by atoms with van der Waals surface area (Å²) in [5.41, 5.74) is 3.03. The van der Waals surface area contributed by atoms with E-state index in [0.717, 1.165) is 16.6 Å². The third-order valence-corrected chi connectivity index (χ3v) is 3.93. The fourth-order valence-electron chi connectivity index (χ4n) is 2.70. The van der Waals surface area contributed by atoms with Crippen LogP contribution < -0.4 is 5.32 Å². The van der Waals surface area contributed by atoms with Crippen LogP contribution in [0.3, 0.4) is 0 Å². The number of carbonyl (C=O) groups excluding carboxylic acids is 1. The number of rotatable bonds is 4. The molecule has 4 aromatic rings. The number of hydrogen-bond acceptors (Lipinski definition) is 4. The Balaban J connectivity index is 1.76. The quantitative estimate of drug-likeness (QED) is 0.625. The van der Waals surface area contributed by atoms with Gasteiger partial charge in [-0.2, -0.15) is 0 Å². The zero-order chi connectivity index (χ0) is 17.1. The Bertz CT molecular complexity index is 998. The Hall–Kier alpha value is -3.54. The smallest absolute Gasteiger partial charge is 0.254 e. The number of pyridine rings is 1. The van der Waals surface area contributed by atoms with E-state index in [4.69, 9.17) is 0 Å². The summed E-state index contributed by atoms with van der Waals surface area (Å²) < 4.78 is 1.72. The summed E-state index contributed by atoms with van der Waals surface area (Å²) in [5, 5.41) is 11.5. The van der Waals surface area contributed by atoms with Crippen molar-refractivity contribution >= 4 is 16.9 Å². The number of amides is 1. The Labute approximate surface area is 144 Å². The summed E-state index contributed by atoms with van der Waals surface area (Å²) >= 11 is 0. The van der Waals surface area contributed by atoms with Crippen LogP contribution >= 0.6 is 0 Å². The second-order valence-electron chi connectivity index (χ2n) is 5.55. The molecule has 0 fully saturated rings. The molecule has 2 aromatic heterocycles. The van der Waals surface area contributed by atoms with E-state index in [1.54, 1.807) is 23.0 Å². The molecule has 0 aliphatic heterocycles. The highest BCUT2D eigenvalue weighted by Crippen LogP contribution is 2.20. The average molecular weight is 329 g/mol. The molecule has 6 nitrogen and oxygen atoms in total. The van der Waals surface area contributed by atoms with Crippen molar-refractivity contribution in [1.82, 2.24) is 25.3 Å². The van der Waals surface area contributed by atoms with Gasteiger partial charge >= 0.3 is 0 Å². The van der Waals surface area contributed by atoms with Crippen molar-refractivity contribution in [3.63, 3.8) is 0 Å². The zero-order valence-electron chi connectivity index (χ0n) is 13.3. The van der Waals surface area contributed by atoms with Crippen molar-refractivity contribution in [3.8, 4) is 0 Å². The molecular weight excluding hydrogens is 314 g/mol. The number of nitrogens with zero attached hydrogens (tertiary/aromatic N) is 4. The summed E-state index contributed by atoms with van der Waals surface area (Å²) in [6.45, 7) is 0. The van der Waals surface area contributed by atoms with Crippen LogP contribution in [0.1, 0.15) is 22.1 Å². The first kappa shape index (κ1) is 15.0. The highest BCUT2D eigenvalue weighted by molar-refractivity contribution is 5.94. The van der Waals surface area contributed by atoms with Crippen LogP contribution in [-0.4, -0.2) is 25.9 Å². The van der Waals surface area contributed by atoms with Crippen LogP contribution in [0.2, 0.25) is 0 Å². The fourth-order valence-corrected chi connectivity index (χ4v) is 2.70. The van der Waals surface area contributed by atoms with Gasteiger partial charge in [-0.05, 0) is 29.8 Å². The lowest BCUT2D eigenvalue weighted by molar-refractivity contribution is 0.0927. The summed E-state index contributed by atoms with van der Waals surface area (Å²) in [6, 6.07) is 20.8. The minimum Gasteiger partial charge on any atom is -0.326 e. The van der Waals surface area contributed by atoms with Gasteiger partial charge in [-0.25, -0.2) is 4.68 Å². The molecule has 0 radical (unpaired) electrons. The fraction of sp³-hybridized carbons (Fsp3) is 0.0526. The molecule has 6 heteroatoms. The summed E-state index contributed by atoms with van der Waals surface area (Å²) in [4.78, 5) is 16.6. The molecule has 122 valence electrons. The molecule has 1 atom stereocenters. The van der Waals surface area contributed by atoms with Gasteiger partial charge in [-0.1, -0.05) is 47.7 Å². The summed E-state index contributed by atoms with van der Waals surface area (Å²) in [7, 11) is 0. The molecule has 2 heterocycles. The van der Waals surface area contributed by atoms with Gasteiger partial charge in [-0.3, -0.25) is 9.78 Å². The van der Waals surface area contributed by atoms with Gasteiger partial charge < -0.3 is 5.32 Å². The number of benzene rings is 2. The SMILES string of the molecule is O=C(NC(c1ccccc1)n1nnc2ccccc21)c1cccnc1. The molecule has 2 aromatic carbocycles. The molecule has 0 aliphatic rings. The van der Waals surface area contributed by atoms with Crippen LogP contribution in [0.4, 0.5) is 0 Å². The van der Waals surface area contributed by atoms with E-state index in [1.165, 1.54) is 6.20 Å². The normalized spacial score (nSPS) is 12.0. The maximum Gasteiger partial charge on any atom is 0.254 e. The van der Waals surface area contributed by atoms with Crippen molar-refractivity contribution in [3.05, 3.63) is 90.3 Å². The van der Waals surface area contributed by atoms with Gasteiger partial charge in [0.15, 0.2) is 6.17 Å². The third-order valence-electron chi connectivity index (χ3n) is 3.93. The summed E-state index contributed by atoms with van der Waals surface area (Å²) in [6.07, 6.45) is 2.70. The minimum absolute atomic E-state index is 0.221. The molecule has 0 bridgehead atoms. The molecule has 0 saturated heterocycles. The largest absolute Gasteiger partial charge is 0.326 e. The number of fused-ring (bicyclic) bond motifs is 1. The van der Waals surface area contributed by atoms with Gasteiger partial charge in [0.25, 0.3) is 5.91 Å². The lowest BCUT2D eigenvalue weighted by Gasteiger charge is -2.20. The lowest BCUT2D eigenvalue weighted by Crippen LogP contribution is -2.34. The Morgan fingerprint density at radius 2 is 1.76 bits per heavy atom. The van der Waals surface area contributed by atoms with Gasteiger partial charge in [0, 0.05) is 12.4 Å². The number of carbonyl (C=O) groups is 1. The van der Waals surface area contributed by atoms with Crippen molar-refractivity contribution in [1.29, 1.82) is 0 Å². The average Bonchev–Trinajstić information content (AvgIpc) is 3.11. The third kappa shape index (κ3) is 2.97. The molecule has 1 unspecified atom stereocenters. The van der Waals surface area contributed by atoms with E-state index in [2.05, 4.69) is 20.6 Å². The highest BCUT2D eigenvalue weighted by atomic mass is 16.1. The van der Waals surface area contributed by atoms with Gasteiger partial charge in [0.05, 0.1) is 11.1 Å². The van der Waals surface area contributed by atoms with Crippen LogP contribution in [0.5, 0.6) is 0 Å². The van der Waals surface area contributed by atoms with Crippen LogP contribution in [0.15, 0.2) is 79.1 Å². The van der Waals surface area contributed by atoms with E-state index in [-0.39, 0.29) is 5.91 Å². The predicted molar refractivity (Wildman–Crippen MR) is 93.8 cm³/mol. The van der Waals surface area contributed by atoms with Crippen molar-refractivity contribution in [2.75, 3.05) is 0 Å². The van der Waals surface area contributed by atoms with E-state index in [1.807, 2.05) is 54.6 Å². The molecule has 4 rings (SSSR count).